The monoisotopic (exact) mass is 242 g/mol. The minimum Gasteiger partial charge on any atom is -0.299 e. The van der Waals surface area contributed by atoms with Crippen molar-refractivity contribution in [3.63, 3.8) is 0 Å². The Morgan fingerprint density at radius 2 is 2.06 bits per heavy atom. The van der Waals surface area contributed by atoms with E-state index in [9.17, 15) is 18.0 Å². The molecule has 1 nitrogen and oxygen atoms in total. The van der Waals surface area contributed by atoms with Crippen LogP contribution in [-0.2, 0) is 17.4 Å². The maximum absolute atomic E-state index is 12.5. The van der Waals surface area contributed by atoms with E-state index in [0.717, 1.165) is 18.6 Å². The van der Waals surface area contributed by atoms with Crippen molar-refractivity contribution in [3.8, 4) is 0 Å². The lowest BCUT2D eigenvalue weighted by Gasteiger charge is -2.08. The van der Waals surface area contributed by atoms with Crippen LogP contribution in [0.1, 0.15) is 24.5 Å². The molecule has 0 bridgehead atoms. The van der Waals surface area contributed by atoms with Crippen LogP contribution in [0.15, 0.2) is 24.3 Å². The average molecular weight is 242 g/mol. The molecule has 92 valence electrons. The second-order valence-electron chi connectivity index (χ2n) is 4.66. The van der Waals surface area contributed by atoms with Gasteiger partial charge >= 0.3 is 6.18 Å². The van der Waals surface area contributed by atoms with Gasteiger partial charge in [0, 0.05) is 12.3 Å². The van der Waals surface area contributed by atoms with Crippen molar-refractivity contribution < 1.29 is 18.0 Å². The van der Waals surface area contributed by atoms with Crippen molar-refractivity contribution in [3.05, 3.63) is 35.4 Å². The highest BCUT2D eigenvalue weighted by Crippen LogP contribution is 2.39. The molecule has 1 aliphatic rings. The third-order valence-electron chi connectivity index (χ3n) is 3.16. The molecular formula is C13H13F3O. The third kappa shape index (κ3) is 2.87. The summed E-state index contributed by atoms with van der Waals surface area (Å²) in [6.07, 6.45) is -3.36. The molecule has 0 N–H and O–H groups in total. The van der Waals surface area contributed by atoms with E-state index in [-0.39, 0.29) is 18.1 Å². The first-order valence-corrected chi connectivity index (χ1v) is 5.57. The Morgan fingerprint density at radius 1 is 1.41 bits per heavy atom. The lowest BCUT2D eigenvalue weighted by Crippen LogP contribution is -2.09. The number of ketones is 1. The van der Waals surface area contributed by atoms with Crippen molar-refractivity contribution in [1.82, 2.24) is 0 Å². The first kappa shape index (κ1) is 12.1. The SMILES string of the molecule is CC1CC1C(=O)Cc1cccc(C(F)(F)F)c1. The van der Waals surface area contributed by atoms with Crippen LogP contribution >= 0.6 is 0 Å². The van der Waals surface area contributed by atoms with Gasteiger partial charge in [0.15, 0.2) is 0 Å². The van der Waals surface area contributed by atoms with Crippen LogP contribution in [0.4, 0.5) is 13.2 Å². The number of hydrogen-bond acceptors (Lipinski definition) is 1. The van der Waals surface area contributed by atoms with E-state index in [1.807, 2.05) is 6.92 Å². The maximum atomic E-state index is 12.5. The number of rotatable bonds is 3. The Morgan fingerprint density at radius 3 is 2.59 bits per heavy atom. The molecule has 0 aromatic heterocycles. The lowest BCUT2D eigenvalue weighted by molar-refractivity contribution is -0.137. The molecule has 4 heteroatoms. The smallest absolute Gasteiger partial charge is 0.299 e. The normalized spacial score (nSPS) is 23.5. The molecule has 0 heterocycles. The number of carbonyl (C=O) groups is 1. The van der Waals surface area contributed by atoms with Gasteiger partial charge < -0.3 is 0 Å². The van der Waals surface area contributed by atoms with Gasteiger partial charge in [-0.05, 0) is 24.0 Å². The number of halogens is 3. The molecule has 2 atom stereocenters. The summed E-state index contributed by atoms with van der Waals surface area (Å²) < 4.78 is 37.4. The predicted molar refractivity (Wildman–Crippen MR) is 57.4 cm³/mol. The number of Topliss-reactive ketones (excluding diaryl/α,β-unsaturated/α-hetero) is 1. The van der Waals surface area contributed by atoms with Crippen LogP contribution in [0.3, 0.4) is 0 Å². The Kier molecular flexibility index (Phi) is 2.98. The first-order valence-electron chi connectivity index (χ1n) is 5.57. The van der Waals surface area contributed by atoms with E-state index in [1.54, 1.807) is 6.07 Å². The van der Waals surface area contributed by atoms with E-state index in [1.165, 1.54) is 6.07 Å². The third-order valence-corrected chi connectivity index (χ3v) is 3.16. The zero-order chi connectivity index (χ0) is 12.6. The van der Waals surface area contributed by atoms with E-state index < -0.39 is 11.7 Å². The Labute approximate surface area is 97.6 Å². The Hall–Kier alpha value is -1.32. The fourth-order valence-corrected chi connectivity index (χ4v) is 1.96. The number of hydrogen-bond donors (Lipinski definition) is 0. The summed E-state index contributed by atoms with van der Waals surface area (Å²) in [6.45, 7) is 1.98. The number of benzene rings is 1. The van der Waals surface area contributed by atoms with Crippen molar-refractivity contribution in [2.45, 2.75) is 25.9 Å². The van der Waals surface area contributed by atoms with Crippen molar-refractivity contribution in [2.24, 2.45) is 11.8 Å². The summed E-state index contributed by atoms with van der Waals surface area (Å²) >= 11 is 0. The van der Waals surface area contributed by atoms with Crippen LogP contribution in [-0.4, -0.2) is 5.78 Å². The summed E-state index contributed by atoms with van der Waals surface area (Å²) in [5.74, 6) is 0.509. The summed E-state index contributed by atoms with van der Waals surface area (Å²) in [4.78, 5) is 11.7. The summed E-state index contributed by atoms with van der Waals surface area (Å²) in [7, 11) is 0. The minimum absolute atomic E-state index is 0.0526. The highest BCUT2D eigenvalue weighted by Gasteiger charge is 2.38. The van der Waals surface area contributed by atoms with Crippen LogP contribution in [0.25, 0.3) is 0 Å². The molecule has 2 unspecified atom stereocenters. The van der Waals surface area contributed by atoms with Gasteiger partial charge in [0.2, 0.25) is 0 Å². The van der Waals surface area contributed by atoms with Crippen LogP contribution in [0, 0.1) is 11.8 Å². The molecule has 0 amide bonds. The topological polar surface area (TPSA) is 17.1 Å². The molecule has 2 rings (SSSR count). The van der Waals surface area contributed by atoms with Crippen LogP contribution in [0.2, 0.25) is 0 Å². The van der Waals surface area contributed by atoms with Gasteiger partial charge in [0.1, 0.15) is 5.78 Å². The fourth-order valence-electron chi connectivity index (χ4n) is 1.96. The molecule has 1 aromatic carbocycles. The fraction of sp³-hybridized carbons (Fsp3) is 0.462. The van der Waals surface area contributed by atoms with Gasteiger partial charge in [-0.1, -0.05) is 25.1 Å². The van der Waals surface area contributed by atoms with Crippen molar-refractivity contribution in [1.29, 1.82) is 0 Å². The van der Waals surface area contributed by atoms with E-state index >= 15 is 0 Å². The maximum Gasteiger partial charge on any atom is 0.416 e. The van der Waals surface area contributed by atoms with Gasteiger partial charge in [0.05, 0.1) is 5.56 Å². The van der Waals surface area contributed by atoms with E-state index in [0.29, 0.717) is 11.5 Å². The molecular weight excluding hydrogens is 229 g/mol. The summed E-state index contributed by atoms with van der Waals surface area (Å²) in [5.41, 5.74) is -0.240. The first-order chi connectivity index (χ1) is 7.88. The summed E-state index contributed by atoms with van der Waals surface area (Å²) in [5, 5.41) is 0. The van der Waals surface area contributed by atoms with Crippen molar-refractivity contribution in [2.75, 3.05) is 0 Å². The van der Waals surface area contributed by atoms with Gasteiger partial charge in [-0.2, -0.15) is 13.2 Å². The lowest BCUT2D eigenvalue weighted by atomic mass is 10.0. The predicted octanol–water partition coefficient (Wildman–Crippen LogP) is 3.47. The van der Waals surface area contributed by atoms with Crippen molar-refractivity contribution >= 4 is 5.78 Å². The second-order valence-corrected chi connectivity index (χ2v) is 4.66. The van der Waals surface area contributed by atoms with Gasteiger partial charge in [-0.3, -0.25) is 4.79 Å². The quantitative estimate of drug-likeness (QED) is 0.793. The van der Waals surface area contributed by atoms with Crippen LogP contribution < -0.4 is 0 Å². The number of alkyl halides is 3. The molecule has 1 aromatic rings. The zero-order valence-electron chi connectivity index (χ0n) is 9.42. The molecule has 0 saturated heterocycles. The van der Waals surface area contributed by atoms with Crippen LogP contribution in [0.5, 0.6) is 0 Å². The van der Waals surface area contributed by atoms with E-state index in [4.69, 9.17) is 0 Å². The largest absolute Gasteiger partial charge is 0.416 e. The van der Waals surface area contributed by atoms with E-state index in [2.05, 4.69) is 0 Å². The van der Waals surface area contributed by atoms with Gasteiger partial charge in [-0.15, -0.1) is 0 Å². The molecule has 0 aliphatic heterocycles. The highest BCUT2D eigenvalue weighted by molar-refractivity contribution is 5.85. The second kappa shape index (κ2) is 4.17. The standard InChI is InChI=1S/C13H13F3O/c1-8-5-11(8)12(17)7-9-3-2-4-10(6-9)13(14,15)16/h2-4,6,8,11H,5,7H2,1H3. The number of carbonyl (C=O) groups excluding carboxylic acids is 1. The highest BCUT2D eigenvalue weighted by atomic mass is 19.4. The minimum atomic E-state index is -4.34. The van der Waals surface area contributed by atoms with Gasteiger partial charge in [-0.25, -0.2) is 0 Å². The van der Waals surface area contributed by atoms with Gasteiger partial charge in [0.25, 0.3) is 0 Å². The molecule has 1 aliphatic carbocycles. The molecule has 0 spiro atoms. The molecule has 1 fully saturated rings. The summed E-state index contributed by atoms with van der Waals surface area (Å²) in [6, 6.07) is 5.00. The Balaban J connectivity index is 2.09. The molecule has 1 saturated carbocycles. The Bertz CT molecular complexity index is 437. The molecule has 0 radical (unpaired) electrons. The average Bonchev–Trinajstić information content (AvgIpc) is 2.95. The zero-order valence-corrected chi connectivity index (χ0v) is 9.42. The molecule has 17 heavy (non-hydrogen) atoms.